The van der Waals surface area contributed by atoms with E-state index in [1.165, 1.54) is 0 Å². The van der Waals surface area contributed by atoms with Crippen molar-refractivity contribution in [1.29, 1.82) is 0 Å². The van der Waals surface area contributed by atoms with Crippen molar-refractivity contribution >= 4 is 5.71 Å². The quantitative estimate of drug-likeness (QED) is 0.367. The molecule has 0 fully saturated rings. The van der Waals surface area contributed by atoms with Crippen molar-refractivity contribution < 1.29 is 4.74 Å². The van der Waals surface area contributed by atoms with Gasteiger partial charge in [-0.15, -0.1) is 5.92 Å². The van der Waals surface area contributed by atoms with Gasteiger partial charge in [0.1, 0.15) is 12.4 Å². The summed E-state index contributed by atoms with van der Waals surface area (Å²) >= 11 is 0. The first-order valence-corrected chi connectivity index (χ1v) is 4.06. The maximum atomic E-state index is 5.22. The largest absolute Gasteiger partial charge is 0.484 e. The highest BCUT2D eigenvalue weighted by Crippen LogP contribution is 1.95. The molecule has 0 aromatic heterocycles. The Morgan fingerprint density at radius 3 is 2.77 bits per heavy atom. The van der Waals surface area contributed by atoms with Gasteiger partial charge >= 0.3 is 0 Å². The van der Waals surface area contributed by atoms with Crippen molar-refractivity contribution in [3.05, 3.63) is 24.6 Å². The third-order valence-corrected chi connectivity index (χ3v) is 1.29. The van der Waals surface area contributed by atoms with E-state index in [9.17, 15) is 0 Å². The van der Waals surface area contributed by atoms with E-state index in [2.05, 4.69) is 23.4 Å². The van der Waals surface area contributed by atoms with E-state index < -0.39 is 0 Å². The minimum Gasteiger partial charge on any atom is -0.484 e. The van der Waals surface area contributed by atoms with Gasteiger partial charge in [0.15, 0.2) is 0 Å². The number of allylic oxidation sites excluding steroid dienone is 2. The molecule has 0 saturated carbocycles. The number of aliphatic imine (C=N–C) groups is 1. The van der Waals surface area contributed by atoms with Crippen molar-refractivity contribution in [3.8, 4) is 11.8 Å². The summed E-state index contributed by atoms with van der Waals surface area (Å²) in [6.45, 7) is 9.51. The molecule has 0 unspecified atom stereocenters. The predicted octanol–water partition coefficient (Wildman–Crippen LogP) is 2.53. The number of ether oxygens (including phenoxy) is 1. The van der Waals surface area contributed by atoms with Crippen LogP contribution in [0.1, 0.15) is 20.8 Å². The molecule has 0 aliphatic carbocycles. The van der Waals surface area contributed by atoms with Gasteiger partial charge in [0, 0.05) is 5.71 Å². The summed E-state index contributed by atoms with van der Waals surface area (Å²) in [7, 11) is 0. The van der Waals surface area contributed by atoms with Crippen LogP contribution in [0, 0.1) is 11.8 Å². The molecule has 0 radical (unpaired) electrons. The van der Waals surface area contributed by atoms with Crippen LogP contribution in [0.4, 0.5) is 0 Å². The van der Waals surface area contributed by atoms with Crippen LogP contribution in [-0.2, 0) is 4.74 Å². The van der Waals surface area contributed by atoms with Gasteiger partial charge in [0.05, 0.1) is 6.20 Å². The second kappa shape index (κ2) is 7.17. The monoisotopic (exact) mass is 177 g/mol. The highest BCUT2D eigenvalue weighted by Gasteiger charge is 1.85. The zero-order valence-corrected chi connectivity index (χ0v) is 8.42. The number of hydrogen-bond acceptors (Lipinski definition) is 2. The molecule has 70 valence electrons. The van der Waals surface area contributed by atoms with Crippen LogP contribution in [0.25, 0.3) is 0 Å². The fraction of sp³-hybridized carbons (Fsp3) is 0.364. The SMILES string of the molecule is C=CC(C)=N/C=C(\C)OCC#CC. The molecule has 0 aromatic carbocycles. The van der Waals surface area contributed by atoms with Crippen molar-refractivity contribution in [2.24, 2.45) is 4.99 Å². The van der Waals surface area contributed by atoms with Crippen LogP contribution in [0.3, 0.4) is 0 Å². The van der Waals surface area contributed by atoms with Crippen LogP contribution in [-0.4, -0.2) is 12.3 Å². The molecule has 0 aliphatic heterocycles. The lowest BCUT2D eigenvalue weighted by Crippen LogP contribution is -1.88. The van der Waals surface area contributed by atoms with Crippen LogP contribution in [0.5, 0.6) is 0 Å². The normalized spacial score (nSPS) is 11.6. The van der Waals surface area contributed by atoms with Crippen molar-refractivity contribution in [2.45, 2.75) is 20.8 Å². The van der Waals surface area contributed by atoms with Gasteiger partial charge in [-0.1, -0.05) is 12.5 Å². The molecule has 0 amide bonds. The number of rotatable bonds is 4. The maximum Gasteiger partial charge on any atom is 0.148 e. The first-order valence-electron chi connectivity index (χ1n) is 4.06. The van der Waals surface area contributed by atoms with Crippen molar-refractivity contribution in [2.75, 3.05) is 6.61 Å². The molecule has 2 heteroatoms. The molecule has 0 aliphatic rings. The third kappa shape index (κ3) is 6.89. The molecule has 0 bridgehead atoms. The highest BCUT2D eigenvalue weighted by molar-refractivity contribution is 5.92. The van der Waals surface area contributed by atoms with E-state index in [1.54, 1.807) is 19.2 Å². The van der Waals surface area contributed by atoms with Gasteiger partial charge < -0.3 is 4.74 Å². The summed E-state index contributed by atoms with van der Waals surface area (Å²) < 4.78 is 5.22. The summed E-state index contributed by atoms with van der Waals surface area (Å²) in [5.74, 6) is 6.30. The van der Waals surface area contributed by atoms with Gasteiger partial charge in [-0.2, -0.15) is 0 Å². The summed E-state index contributed by atoms with van der Waals surface area (Å²) in [4.78, 5) is 4.08. The lowest BCUT2D eigenvalue weighted by atomic mass is 10.4. The van der Waals surface area contributed by atoms with Gasteiger partial charge in [-0.3, -0.25) is 4.99 Å². The molecule has 0 saturated heterocycles. The molecule has 0 spiro atoms. The van der Waals surface area contributed by atoms with Crippen molar-refractivity contribution in [3.63, 3.8) is 0 Å². The van der Waals surface area contributed by atoms with Gasteiger partial charge in [-0.25, -0.2) is 0 Å². The van der Waals surface area contributed by atoms with Crippen molar-refractivity contribution in [1.82, 2.24) is 0 Å². The van der Waals surface area contributed by atoms with E-state index >= 15 is 0 Å². The second-order valence-electron chi connectivity index (χ2n) is 2.43. The van der Waals surface area contributed by atoms with E-state index in [0.717, 1.165) is 11.5 Å². The lowest BCUT2D eigenvalue weighted by molar-refractivity contribution is 0.255. The summed E-state index contributed by atoms with van der Waals surface area (Å²) in [5, 5.41) is 0. The van der Waals surface area contributed by atoms with E-state index in [0.29, 0.717) is 6.61 Å². The van der Waals surface area contributed by atoms with Gasteiger partial charge in [-0.05, 0) is 26.8 Å². The second-order valence-corrected chi connectivity index (χ2v) is 2.43. The molecular formula is C11H15NO. The molecule has 0 rings (SSSR count). The van der Waals surface area contributed by atoms with Gasteiger partial charge in [0.2, 0.25) is 0 Å². The van der Waals surface area contributed by atoms with E-state index in [-0.39, 0.29) is 0 Å². The fourth-order valence-electron chi connectivity index (χ4n) is 0.505. The molecular weight excluding hydrogens is 162 g/mol. The summed E-state index contributed by atoms with van der Waals surface area (Å²) in [5.41, 5.74) is 0.865. The number of hydrogen-bond donors (Lipinski definition) is 0. The summed E-state index contributed by atoms with van der Waals surface area (Å²) in [6.07, 6.45) is 3.35. The minimum atomic E-state index is 0.418. The molecule has 0 N–H and O–H groups in total. The van der Waals surface area contributed by atoms with Crippen LogP contribution in [0.2, 0.25) is 0 Å². The standard InChI is InChI=1S/C11H15NO/c1-5-7-8-13-11(4)9-12-10(3)6-2/h6,9H,2,8H2,1,3-4H3/b11-9+,12-10?. The third-order valence-electron chi connectivity index (χ3n) is 1.29. The smallest absolute Gasteiger partial charge is 0.148 e. The first kappa shape index (κ1) is 11.5. The fourth-order valence-corrected chi connectivity index (χ4v) is 0.505. The van der Waals surface area contributed by atoms with Crippen LogP contribution < -0.4 is 0 Å². The Bertz CT molecular complexity index is 276. The highest BCUT2D eigenvalue weighted by atomic mass is 16.5. The molecule has 13 heavy (non-hydrogen) atoms. The Labute approximate surface area is 80.0 Å². The van der Waals surface area contributed by atoms with Gasteiger partial charge in [0.25, 0.3) is 0 Å². The molecule has 0 atom stereocenters. The average molecular weight is 177 g/mol. The Balaban J connectivity index is 3.99. The molecule has 2 nitrogen and oxygen atoms in total. The zero-order chi connectivity index (χ0) is 10.1. The molecule has 0 heterocycles. The lowest BCUT2D eigenvalue weighted by Gasteiger charge is -1.98. The Morgan fingerprint density at radius 2 is 2.23 bits per heavy atom. The Morgan fingerprint density at radius 1 is 1.54 bits per heavy atom. The maximum absolute atomic E-state index is 5.22. The Hall–Kier alpha value is -1.49. The van der Waals surface area contributed by atoms with E-state index in [4.69, 9.17) is 4.74 Å². The predicted molar refractivity (Wildman–Crippen MR) is 56.5 cm³/mol. The minimum absolute atomic E-state index is 0.418. The average Bonchev–Trinajstić information content (AvgIpc) is 2.14. The topological polar surface area (TPSA) is 21.6 Å². The van der Waals surface area contributed by atoms with E-state index in [1.807, 2.05) is 13.8 Å². The van der Waals surface area contributed by atoms with Crippen LogP contribution in [0.15, 0.2) is 29.6 Å². The van der Waals surface area contributed by atoms with Crippen LogP contribution >= 0.6 is 0 Å². The Kier molecular flexibility index (Phi) is 6.35. The summed E-state index contributed by atoms with van der Waals surface area (Å²) in [6, 6.07) is 0. The zero-order valence-electron chi connectivity index (χ0n) is 8.42. The first-order chi connectivity index (χ1) is 6.20. The number of nitrogens with zero attached hydrogens (tertiary/aromatic N) is 1. The molecule has 0 aromatic rings.